The molecule has 1 aromatic rings. The van der Waals surface area contributed by atoms with Crippen LogP contribution < -0.4 is 0 Å². The van der Waals surface area contributed by atoms with E-state index in [1.165, 1.54) is 12.1 Å². The zero-order chi connectivity index (χ0) is 16.5. The van der Waals surface area contributed by atoms with Gasteiger partial charge in [0.05, 0.1) is 11.2 Å². The molecule has 23 heavy (non-hydrogen) atoms. The van der Waals surface area contributed by atoms with E-state index in [-0.39, 0.29) is 11.5 Å². The summed E-state index contributed by atoms with van der Waals surface area (Å²) in [6.45, 7) is 1.71. The molecular weight excluding hydrogens is 307 g/mol. The predicted molar refractivity (Wildman–Crippen MR) is 78.6 cm³/mol. The summed E-state index contributed by atoms with van der Waals surface area (Å²) in [5.74, 6) is 0.0530. The Morgan fingerprint density at radius 2 is 1.87 bits per heavy atom. The third-order valence-electron chi connectivity index (χ3n) is 4.82. The molecule has 1 atom stereocenters. The molecular formula is C17H20F3NO2. The summed E-state index contributed by atoms with van der Waals surface area (Å²) in [4.78, 5) is 14.0. The molecule has 0 aromatic heterocycles. The Labute approximate surface area is 133 Å². The smallest absolute Gasteiger partial charge is 0.375 e. The van der Waals surface area contributed by atoms with E-state index in [4.69, 9.17) is 4.74 Å². The van der Waals surface area contributed by atoms with Gasteiger partial charge in [-0.1, -0.05) is 12.1 Å². The van der Waals surface area contributed by atoms with E-state index in [2.05, 4.69) is 0 Å². The van der Waals surface area contributed by atoms with E-state index in [9.17, 15) is 18.0 Å². The number of amides is 1. The molecule has 2 fully saturated rings. The summed E-state index contributed by atoms with van der Waals surface area (Å²) in [7, 11) is 0. The summed E-state index contributed by atoms with van der Waals surface area (Å²) in [6, 6.07) is 5.03. The number of hydrogen-bond donors (Lipinski definition) is 0. The molecule has 6 heteroatoms. The van der Waals surface area contributed by atoms with Gasteiger partial charge in [0.1, 0.15) is 0 Å². The highest BCUT2D eigenvalue weighted by atomic mass is 19.4. The van der Waals surface area contributed by atoms with Crippen molar-refractivity contribution in [2.45, 2.75) is 50.4 Å². The molecule has 1 aromatic carbocycles. The molecule has 1 spiro atoms. The fraction of sp³-hybridized carbons (Fsp3) is 0.588. The second kappa shape index (κ2) is 6.15. The monoisotopic (exact) mass is 327 g/mol. The van der Waals surface area contributed by atoms with E-state index in [1.807, 2.05) is 0 Å². The lowest BCUT2D eigenvalue weighted by atomic mass is 9.92. The molecule has 2 saturated heterocycles. The molecule has 0 N–H and O–H groups in total. The molecule has 3 nitrogen and oxygen atoms in total. The van der Waals surface area contributed by atoms with Crippen molar-refractivity contribution in [3.63, 3.8) is 0 Å². The normalized spacial score (nSPS) is 25.9. The van der Waals surface area contributed by atoms with E-state index in [0.717, 1.165) is 50.0 Å². The van der Waals surface area contributed by atoms with Gasteiger partial charge < -0.3 is 9.64 Å². The first-order valence-electron chi connectivity index (χ1n) is 7.96. The molecule has 3 rings (SSSR count). The zero-order valence-corrected chi connectivity index (χ0v) is 12.9. The number of carbonyl (C=O) groups excluding carboxylic acids is 1. The lowest BCUT2D eigenvalue weighted by Gasteiger charge is -2.26. The summed E-state index contributed by atoms with van der Waals surface area (Å²) in [6.07, 6.45) is -0.306. The third-order valence-corrected chi connectivity index (χ3v) is 4.82. The van der Waals surface area contributed by atoms with Crippen molar-refractivity contribution in [1.29, 1.82) is 0 Å². The van der Waals surface area contributed by atoms with Crippen LogP contribution >= 0.6 is 0 Å². The first-order valence-corrected chi connectivity index (χ1v) is 7.96. The van der Waals surface area contributed by atoms with Crippen molar-refractivity contribution in [3.8, 4) is 0 Å². The van der Waals surface area contributed by atoms with E-state index in [0.29, 0.717) is 19.5 Å². The maximum Gasteiger partial charge on any atom is 0.416 e. The van der Waals surface area contributed by atoms with Crippen molar-refractivity contribution in [1.82, 2.24) is 4.90 Å². The van der Waals surface area contributed by atoms with Gasteiger partial charge in [-0.2, -0.15) is 13.2 Å². The summed E-state index contributed by atoms with van der Waals surface area (Å²) >= 11 is 0. The number of rotatable bonds is 2. The number of halogens is 3. The highest BCUT2D eigenvalue weighted by Crippen LogP contribution is 2.36. The lowest BCUT2D eigenvalue weighted by molar-refractivity contribution is -0.137. The standard InChI is InChI=1S/C17H20F3NO2/c18-17(19,20)14-4-2-13(3-5-14)12-21-10-9-16(7-1-11-23-16)8-6-15(21)22/h2-5H,1,6-12H2. The number of likely N-dealkylation sites (tertiary alicyclic amines) is 1. The van der Waals surface area contributed by atoms with Crippen molar-refractivity contribution < 1.29 is 22.7 Å². The first kappa shape index (κ1) is 16.3. The zero-order valence-electron chi connectivity index (χ0n) is 12.9. The van der Waals surface area contributed by atoms with Crippen molar-refractivity contribution in [2.24, 2.45) is 0 Å². The highest BCUT2D eigenvalue weighted by molar-refractivity contribution is 5.76. The number of hydrogen-bond acceptors (Lipinski definition) is 2. The second-order valence-corrected chi connectivity index (χ2v) is 6.40. The number of nitrogens with zero attached hydrogens (tertiary/aromatic N) is 1. The van der Waals surface area contributed by atoms with Crippen LogP contribution in [0.5, 0.6) is 0 Å². The summed E-state index contributed by atoms with van der Waals surface area (Å²) < 4.78 is 43.6. The maximum atomic E-state index is 12.6. The Morgan fingerprint density at radius 3 is 2.48 bits per heavy atom. The maximum absolute atomic E-state index is 12.6. The van der Waals surface area contributed by atoms with Crippen molar-refractivity contribution in [2.75, 3.05) is 13.2 Å². The lowest BCUT2D eigenvalue weighted by Crippen LogP contribution is -2.32. The van der Waals surface area contributed by atoms with E-state index >= 15 is 0 Å². The average Bonchev–Trinajstić information content (AvgIpc) is 2.92. The number of ether oxygens (including phenoxy) is 1. The van der Waals surface area contributed by atoms with Crippen LogP contribution in [0.25, 0.3) is 0 Å². The van der Waals surface area contributed by atoms with Gasteiger partial charge in [-0.25, -0.2) is 0 Å². The van der Waals surface area contributed by atoms with Crippen LogP contribution in [0, 0.1) is 0 Å². The topological polar surface area (TPSA) is 29.5 Å². The number of benzene rings is 1. The van der Waals surface area contributed by atoms with Crippen LogP contribution in [0.15, 0.2) is 24.3 Å². The molecule has 0 aliphatic carbocycles. The van der Waals surface area contributed by atoms with Crippen LogP contribution in [-0.4, -0.2) is 29.6 Å². The van der Waals surface area contributed by atoms with Gasteiger partial charge >= 0.3 is 6.18 Å². The Hall–Kier alpha value is -1.56. The van der Waals surface area contributed by atoms with Gasteiger partial charge in [0.15, 0.2) is 0 Å². The minimum Gasteiger partial charge on any atom is -0.375 e. The first-order chi connectivity index (χ1) is 10.9. The largest absolute Gasteiger partial charge is 0.416 e. The summed E-state index contributed by atoms with van der Waals surface area (Å²) in [5.41, 5.74) is -0.110. The fourth-order valence-electron chi connectivity index (χ4n) is 3.42. The molecule has 1 amide bonds. The van der Waals surface area contributed by atoms with Crippen LogP contribution in [0.2, 0.25) is 0 Å². The van der Waals surface area contributed by atoms with Crippen LogP contribution in [0.1, 0.15) is 43.2 Å². The van der Waals surface area contributed by atoms with Gasteiger partial charge in [0.2, 0.25) is 5.91 Å². The Balaban J connectivity index is 1.66. The quantitative estimate of drug-likeness (QED) is 0.827. The SMILES string of the molecule is O=C1CCC2(CCCO2)CCN1Cc1ccc(C(F)(F)F)cc1. The van der Waals surface area contributed by atoms with Gasteiger partial charge in [-0.3, -0.25) is 4.79 Å². The molecule has 1 unspecified atom stereocenters. The molecule has 0 radical (unpaired) electrons. The Kier molecular flexibility index (Phi) is 4.36. The molecule has 126 valence electrons. The predicted octanol–water partition coefficient (Wildman–Crippen LogP) is 3.77. The molecule has 2 aliphatic heterocycles. The second-order valence-electron chi connectivity index (χ2n) is 6.40. The Morgan fingerprint density at radius 1 is 1.13 bits per heavy atom. The number of carbonyl (C=O) groups is 1. The Bertz CT molecular complexity index is 562. The van der Waals surface area contributed by atoms with Crippen LogP contribution in [0.4, 0.5) is 13.2 Å². The van der Waals surface area contributed by atoms with Gasteiger partial charge in [0, 0.05) is 26.1 Å². The van der Waals surface area contributed by atoms with Crippen molar-refractivity contribution in [3.05, 3.63) is 35.4 Å². The third kappa shape index (κ3) is 3.68. The molecule has 0 bridgehead atoms. The number of alkyl halides is 3. The van der Waals surface area contributed by atoms with E-state index < -0.39 is 11.7 Å². The molecule has 2 aliphatic rings. The van der Waals surface area contributed by atoms with E-state index in [1.54, 1.807) is 4.90 Å². The highest BCUT2D eigenvalue weighted by Gasteiger charge is 2.38. The fourth-order valence-corrected chi connectivity index (χ4v) is 3.42. The van der Waals surface area contributed by atoms with Crippen LogP contribution in [-0.2, 0) is 22.3 Å². The average molecular weight is 327 g/mol. The minimum absolute atomic E-state index is 0.0530. The molecule has 2 heterocycles. The van der Waals surface area contributed by atoms with Gasteiger partial charge in [-0.05, 0) is 43.4 Å². The van der Waals surface area contributed by atoms with Crippen molar-refractivity contribution >= 4 is 5.91 Å². The van der Waals surface area contributed by atoms with Gasteiger partial charge in [0.25, 0.3) is 0 Å². The molecule has 0 saturated carbocycles. The van der Waals surface area contributed by atoms with Crippen LogP contribution in [0.3, 0.4) is 0 Å². The summed E-state index contributed by atoms with van der Waals surface area (Å²) in [5, 5.41) is 0. The van der Waals surface area contributed by atoms with Gasteiger partial charge in [-0.15, -0.1) is 0 Å². The minimum atomic E-state index is -4.33.